The predicted octanol–water partition coefficient (Wildman–Crippen LogP) is 8.80. The maximum atomic E-state index is 12.6. The molecular formula is C38H36Cl2N4O3S. The fourth-order valence-electron chi connectivity index (χ4n) is 6.82. The Labute approximate surface area is 291 Å². The van der Waals surface area contributed by atoms with Crippen LogP contribution < -0.4 is 9.03 Å². The maximum absolute atomic E-state index is 12.6. The number of carbonyl (C=O) groups excluding carboxylic acids is 1. The Morgan fingerprint density at radius 2 is 1.58 bits per heavy atom. The summed E-state index contributed by atoms with van der Waals surface area (Å²) in [4.78, 5) is 16.9. The Balaban J connectivity index is 1.17. The molecule has 1 aliphatic carbocycles. The highest BCUT2D eigenvalue weighted by molar-refractivity contribution is 7.92. The number of hydrogen-bond donors (Lipinski definition) is 1. The van der Waals surface area contributed by atoms with Crippen LogP contribution in [-0.4, -0.2) is 30.4 Å². The van der Waals surface area contributed by atoms with Crippen molar-refractivity contribution in [1.29, 1.82) is 0 Å². The van der Waals surface area contributed by atoms with Gasteiger partial charge in [0.1, 0.15) is 12.4 Å². The van der Waals surface area contributed by atoms with Crippen LogP contribution in [0.15, 0.2) is 97.2 Å². The van der Waals surface area contributed by atoms with E-state index < -0.39 is 16.1 Å². The number of benzene rings is 4. The highest BCUT2D eigenvalue weighted by atomic mass is 35.5. The molecule has 0 atom stereocenters. The minimum Gasteiger partial charge on any atom is -0.303 e. The van der Waals surface area contributed by atoms with Gasteiger partial charge in [0.05, 0.1) is 16.4 Å². The van der Waals surface area contributed by atoms with Crippen molar-refractivity contribution < 1.29 is 13.2 Å². The third-order valence-corrected chi connectivity index (χ3v) is 11.3. The van der Waals surface area contributed by atoms with E-state index in [9.17, 15) is 13.2 Å². The molecule has 1 amide bonds. The molecule has 0 radical (unpaired) electrons. The molecule has 1 saturated heterocycles. The quantitative estimate of drug-likeness (QED) is 0.167. The second kappa shape index (κ2) is 13.8. The third-order valence-electron chi connectivity index (χ3n) is 9.34. The number of anilines is 1. The molecular weight excluding hydrogens is 663 g/mol. The lowest BCUT2D eigenvalue weighted by Crippen LogP contribution is -2.29. The zero-order valence-corrected chi connectivity index (χ0v) is 28.7. The first-order valence-electron chi connectivity index (χ1n) is 16.4. The molecule has 10 heteroatoms. The zero-order valence-electron chi connectivity index (χ0n) is 26.4. The van der Waals surface area contributed by atoms with Gasteiger partial charge < -0.3 is 4.57 Å². The summed E-state index contributed by atoms with van der Waals surface area (Å²) in [6.45, 7) is -0.274. The average Bonchev–Trinajstić information content (AvgIpc) is 3.63. The normalized spacial score (nSPS) is 16.3. The number of aromatic nitrogens is 2. The minimum atomic E-state index is -3.95. The molecule has 0 spiro atoms. The number of imidazole rings is 1. The Morgan fingerprint density at radius 1 is 0.812 bits per heavy atom. The van der Waals surface area contributed by atoms with E-state index in [0.29, 0.717) is 33.5 Å². The Kier molecular flexibility index (Phi) is 9.32. The molecule has 1 aromatic heterocycles. The van der Waals surface area contributed by atoms with Crippen molar-refractivity contribution in [2.24, 2.45) is 5.92 Å². The van der Waals surface area contributed by atoms with Gasteiger partial charge in [0.25, 0.3) is 5.91 Å². The minimum absolute atomic E-state index is 0.274. The van der Waals surface area contributed by atoms with Gasteiger partial charge >= 0.3 is 10.2 Å². The summed E-state index contributed by atoms with van der Waals surface area (Å²) in [7, 11) is -3.95. The van der Waals surface area contributed by atoms with Crippen LogP contribution in [0.3, 0.4) is 0 Å². The number of rotatable bonds is 9. The number of aryl methyl sites for hydroxylation is 1. The number of nitrogens with one attached hydrogen (secondary N) is 1. The lowest BCUT2D eigenvalue weighted by Gasteiger charge is -2.21. The number of halogens is 2. The largest absolute Gasteiger partial charge is 0.326 e. The van der Waals surface area contributed by atoms with Gasteiger partial charge in [0.15, 0.2) is 0 Å². The summed E-state index contributed by atoms with van der Waals surface area (Å²) in [5, 5.41) is 1.01. The summed E-state index contributed by atoms with van der Waals surface area (Å²) in [5.74, 6) is 1.03. The van der Waals surface area contributed by atoms with Crippen molar-refractivity contribution in [1.82, 2.24) is 14.3 Å². The maximum Gasteiger partial charge on any atom is 0.326 e. The van der Waals surface area contributed by atoms with E-state index in [0.717, 1.165) is 39.2 Å². The molecule has 7 rings (SSSR count). The first-order valence-corrected chi connectivity index (χ1v) is 18.6. The Hall–Kier alpha value is -4.11. The predicted molar refractivity (Wildman–Crippen MR) is 193 cm³/mol. The van der Waals surface area contributed by atoms with Crippen LogP contribution in [0.5, 0.6) is 0 Å². The second-order valence-corrected chi connectivity index (χ2v) is 15.1. The fourth-order valence-corrected chi connectivity index (χ4v) is 8.47. The van der Waals surface area contributed by atoms with Crippen molar-refractivity contribution in [3.63, 3.8) is 0 Å². The van der Waals surface area contributed by atoms with E-state index in [1.807, 2.05) is 27.6 Å². The van der Waals surface area contributed by atoms with Gasteiger partial charge in [-0.2, -0.15) is 8.42 Å². The van der Waals surface area contributed by atoms with Gasteiger partial charge in [-0.1, -0.05) is 110 Å². The van der Waals surface area contributed by atoms with Crippen LogP contribution in [0, 0.1) is 5.92 Å². The van der Waals surface area contributed by atoms with Crippen LogP contribution in [-0.2, 0) is 27.8 Å². The molecule has 0 unspecified atom stereocenters. The monoisotopic (exact) mass is 698 g/mol. The smallest absolute Gasteiger partial charge is 0.303 e. The van der Waals surface area contributed by atoms with Gasteiger partial charge in [0, 0.05) is 28.9 Å². The molecule has 7 nitrogen and oxygen atoms in total. The summed E-state index contributed by atoms with van der Waals surface area (Å²) in [6, 6.07) is 29.8. The SMILES string of the molecule is O=C1CN(c2cccc(-n3cc(-c4ccc(Cl)cc4Cl)nc3Cc3ccc(-c4cccc(CCC5CCCCC5)c4)cc3)c2)S(=O)(=O)N1. The van der Waals surface area contributed by atoms with Crippen molar-refractivity contribution in [3.8, 4) is 28.1 Å². The van der Waals surface area contributed by atoms with E-state index >= 15 is 0 Å². The van der Waals surface area contributed by atoms with Crippen molar-refractivity contribution in [2.45, 2.75) is 51.4 Å². The molecule has 0 bridgehead atoms. The van der Waals surface area contributed by atoms with Crippen molar-refractivity contribution in [3.05, 3.63) is 124 Å². The number of hydrogen-bond acceptors (Lipinski definition) is 4. The van der Waals surface area contributed by atoms with Crippen LogP contribution in [0.2, 0.25) is 10.0 Å². The topological polar surface area (TPSA) is 84.3 Å². The van der Waals surface area contributed by atoms with E-state index in [-0.39, 0.29) is 6.54 Å². The van der Waals surface area contributed by atoms with Gasteiger partial charge in [-0.15, -0.1) is 0 Å². The van der Waals surface area contributed by atoms with E-state index in [1.54, 1.807) is 30.3 Å². The number of amides is 1. The van der Waals surface area contributed by atoms with E-state index in [2.05, 4.69) is 48.5 Å². The lowest BCUT2D eigenvalue weighted by atomic mass is 9.85. The summed E-state index contributed by atoms with van der Waals surface area (Å²) >= 11 is 12.8. The summed E-state index contributed by atoms with van der Waals surface area (Å²) in [5.41, 5.74) is 7.30. The molecule has 2 heterocycles. The Bertz CT molecular complexity index is 2070. The van der Waals surface area contributed by atoms with Crippen LogP contribution in [0.25, 0.3) is 28.1 Å². The molecule has 5 aromatic rings. The highest BCUT2D eigenvalue weighted by Gasteiger charge is 2.34. The molecule has 1 saturated carbocycles. The van der Waals surface area contributed by atoms with Gasteiger partial charge in [-0.05, 0) is 77.4 Å². The molecule has 1 aliphatic heterocycles. The molecule has 48 heavy (non-hydrogen) atoms. The van der Waals surface area contributed by atoms with Gasteiger partial charge in [0.2, 0.25) is 0 Å². The molecule has 4 aromatic carbocycles. The van der Waals surface area contributed by atoms with Crippen LogP contribution in [0.4, 0.5) is 5.69 Å². The fraction of sp³-hybridized carbons (Fsp3) is 0.263. The highest BCUT2D eigenvalue weighted by Crippen LogP contribution is 2.33. The second-order valence-electron chi connectivity index (χ2n) is 12.7. The van der Waals surface area contributed by atoms with E-state index in [1.165, 1.54) is 49.7 Å². The Morgan fingerprint density at radius 3 is 2.33 bits per heavy atom. The van der Waals surface area contributed by atoms with Crippen molar-refractivity contribution in [2.75, 3.05) is 10.8 Å². The summed E-state index contributed by atoms with van der Waals surface area (Å²) < 4.78 is 30.2. The first kappa shape index (κ1) is 32.4. The molecule has 246 valence electrons. The van der Waals surface area contributed by atoms with Crippen molar-refractivity contribution >= 4 is 45.0 Å². The van der Waals surface area contributed by atoms with Crippen LogP contribution in [0.1, 0.15) is 55.5 Å². The lowest BCUT2D eigenvalue weighted by molar-refractivity contribution is -0.117. The number of carbonyl (C=O) groups is 1. The van der Waals surface area contributed by atoms with Gasteiger partial charge in [-0.3, -0.25) is 4.79 Å². The molecule has 2 fully saturated rings. The molecule has 1 N–H and O–H groups in total. The first-order chi connectivity index (χ1) is 23.2. The zero-order chi connectivity index (χ0) is 33.3. The van der Waals surface area contributed by atoms with Crippen LogP contribution >= 0.6 is 23.2 Å². The third kappa shape index (κ3) is 7.16. The number of nitrogens with zero attached hydrogens (tertiary/aromatic N) is 3. The summed E-state index contributed by atoms with van der Waals surface area (Å²) in [6.07, 6.45) is 11.7. The van der Waals surface area contributed by atoms with Gasteiger partial charge in [-0.25, -0.2) is 14.0 Å². The molecule has 2 aliphatic rings. The average molecular weight is 700 g/mol. The van der Waals surface area contributed by atoms with E-state index in [4.69, 9.17) is 28.2 Å². The standard InChI is InChI=1S/C38H36Cl2N4O3S/c39-31-18-19-34(35(40)22-31)36-24-43(32-10-5-11-33(23-32)44-25-38(45)42-48(44,46)47)37(41-36)21-28-14-16-29(17-15-28)30-9-4-8-27(20-30)13-12-26-6-2-1-3-7-26/h4-5,8-11,14-20,22-24,26H,1-3,6-7,12-13,21,25H2,(H,42,45).